The van der Waals surface area contributed by atoms with Gasteiger partial charge in [0.2, 0.25) is 0 Å². The number of aromatic amines is 1. The molecule has 1 aliphatic heterocycles. The van der Waals surface area contributed by atoms with Crippen molar-refractivity contribution in [2.45, 2.75) is 38.0 Å². The number of carbonyl (C=O) groups excluding carboxylic acids is 2. The second-order valence-corrected chi connectivity index (χ2v) is 11.7. The number of benzene rings is 3. The third kappa shape index (κ3) is 4.82. The molecule has 41 heavy (non-hydrogen) atoms. The third-order valence-electron chi connectivity index (χ3n) is 9.23. The lowest BCUT2D eigenvalue weighted by Gasteiger charge is -2.32. The van der Waals surface area contributed by atoms with E-state index in [0.717, 1.165) is 78.1 Å². The lowest BCUT2D eigenvalue weighted by atomic mass is 9.81. The molecule has 7 heteroatoms. The molecule has 1 saturated heterocycles. The van der Waals surface area contributed by atoms with E-state index in [1.165, 1.54) is 0 Å². The Morgan fingerprint density at radius 1 is 1.05 bits per heavy atom. The summed E-state index contributed by atoms with van der Waals surface area (Å²) in [5, 5.41) is 8.88. The lowest BCUT2D eigenvalue weighted by molar-refractivity contribution is -0.125. The van der Waals surface area contributed by atoms with Crippen LogP contribution in [0.15, 0.2) is 66.7 Å². The predicted molar refractivity (Wildman–Crippen MR) is 161 cm³/mol. The van der Waals surface area contributed by atoms with Crippen molar-refractivity contribution in [2.24, 2.45) is 5.92 Å². The van der Waals surface area contributed by atoms with Gasteiger partial charge in [-0.25, -0.2) is 0 Å². The molecule has 2 fully saturated rings. The number of hydrogen-bond acceptors (Lipinski definition) is 5. The fourth-order valence-electron chi connectivity index (χ4n) is 6.36. The molecule has 4 aromatic rings. The van der Waals surface area contributed by atoms with Crippen LogP contribution in [0.25, 0.3) is 22.2 Å². The van der Waals surface area contributed by atoms with Crippen LogP contribution in [0.5, 0.6) is 5.75 Å². The highest BCUT2D eigenvalue weighted by Gasteiger charge is 2.61. The van der Waals surface area contributed by atoms with Crippen LogP contribution in [0.2, 0.25) is 0 Å². The summed E-state index contributed by atoms with van der Waals surface area (Å²) < 4.78 is 5.50. The molecule has 3 atom stereocenters. The number of nitrogens with zero attached hydrogens (tertiary/aromatic N) is 3. The van der Waals surface area contributed by atoms with Gasteiger partial charge in [0.05, 0.1) is 23.7 Å². The topological polar surface area (TPSA) is 78.5 Å². The van der Waals surface area contributed by atoms with Gasteiger partial charge in [-0.05, 0) is 61.3 Å². The number of H-pyrrole nitrogens is 1. The molecule has 2 aliphatic rings. The first-order chi connectivity index (χ1) is 19.8. The molecule has 3 unspecified atom stereocenters. The van der Waals surface area contributed by atoms with E-state index in [4.69, 9.17) is 4.74 Å². The molecule has 0 bridgehead atoms. The SMILES string of the molecule is CCC(C)C(=O)C1(c2cccc(OC)c2)CC1c1ccc2c(-c3ccc(C(=O)N4CCN(C)CC4)cc3)n[nH]c2c1. The minimum Gasteiger partial charge on any atom is -0.497 e. The van der Waals surface area contributed by atoms with Crippen molar-refractivity contribution < 1.29 is 14.3 Å². The van der Waals surface area contributed by atoms with E-state index < -0.39 is 5.41 Å². The van der Waals surface area contributed by atoms with Crippen LogP contribution in [0, 0.1) is 5.92 Å². The maximum absolute atomic E-state index is 13.8. The van der Waals surface area contributed by atoms with Crippen molar-refractivity contribution in [3.05, 3.63) is 83.4 Å². The number of ketones is 1. The van der Waals surface area contributed by atoms with Crippen LogP contribution in [-0.2, 0) is 10.2 Å². The Bertz CT molecular complexity index is 1590. The number of rotatable bonds is 8. The summed E-state index contributed by atoms with van der Waals surface area (Å²) in [6.45, 7) is 7.43. The van der Waals surface area contributed by atoms with E-state index in [2.05, 4.69) is 53.3 Å². The van der Waals surface area contributed by atoms with Crippen molar-refractivity contribution in [3.8, 4) is 17.0 Å². The molecule has 2 heterocycles. The van der Waals surface area contributed by atoms with Crippen molar-refractivity contribution in [1.82, 2.24) is 20.0 Å². The van der Waals surface area contributed by atoms with Crippen molar-refractivity contribution in [3.63, 3.8) is 0 Å². The van der Waals surface area contributed by atoms with Crippen molar-refractivity contribution in [2.75, 3.05) is 40.3 Å². The van der Waals surface area contributed by atoms with Gasteiger partial charge in [-0.15, -0.1) is 0 Å². The van der Waals surface area contributed by atoms with Gasteiger partial charge in [0, 0.05) is 54.5 Å². The van der Waals surface area contributed by atoms with Crippen LogP contribution in [0.3, 0.4) is 0 Å². The van der Waals surface area contributed by atoms with E-state index in [9.17, 15) is 9.59 Å². The summed E-state index contributed by atoms with van der Waals surface area (Å²) in [4.78, 5) is 30.9. The molecule has 212 valence electrons. The Kier molecular flexibility index (Phi) is 7.16. The summed E-state index contributed by atoms with van der Waals surface area (Å²) in [7, 11) is 3.75. The highest BCUT2D eigenvalue weighted by molar-refractivity contribution is 5.99. The second-order valence-electron chi connectivity index (χ2n) is 11.7. The number of carbonyl (C=O) groups is 2. The first-order valence-corrected chi connectivity index (χ1v) is 14.6. The van der Waals surface area contributed by atoms with Gasteiger partial charge < -0.3 is 14.5 Å². The maximum atomic E-state index is 13.8. The number of likely N-dealkylation sites (N-methyl/N-ethyl adjacent to an activating group) is 1. The zero-order valence-electron chi connectivity index (χ0n) is 24.3. The monoisotopic (exact) mass is 550 g/mol. The van der Waals surface area contributed by atoms with Gasteiger partial charge >= 0.3 is 0 Å². The number of hydrogen-bond donors (Lipinski definition) is 1. The summed E-state index contributed by atoms with van der Waals surface area (Å²) in [5.74, 6) is 1.24. The number of amides is 1. The Balaban J connectivity index is 1.26. The third-order valence-corrected chi connectivity index (χ3v) is 9.23. The Morgan fingerprint density at radius 3 is 2.51 bits per heavy atom. The number of nitrogens with one attached hydrogen (secondary N) is 1. The minimum atomic E-state index is -0.535. The molecule has 1 aliphatic carbocycles. The predicted octanol–water partition coefficient (Wildman–Crippen LogP) is 5.67. The standard InChI is InChI=1S/C34H38N4O3/c1-5-22(2)32(39)34(26-7-6-8-27(20-26)41-4)21-29(34)25-13-14-28-30(19-25)35-36-31(28)23-9-11-24(12-10-23)33(40)38-17-15-37(3)16-18-38/h6-14,19-20,22,29H,5,15-18,21H2,1-4H3,(H,35,36). The average Bonchev–Trinajstić information content (AvgIpc) is 3.65. The molecule has 1 amide bonds. The summed E-state index contributed by atoms with van der Waals surface area (Å²) in [6.07, 6.45) is 1.61. The van der Waals surface area contributed by atoms with Gasteiger partial charge in [0.25, 0.3) is 5.91 Å². The fraction of sp³-hybridized carbons (Fsp3) is 0.382. The van der Waals surface area contributed by atoms with Crippen LogP contribution in [0.4, 0.5) is 0 Å². The molecular formula is C34H38N4O3. The first-order valence-electron chi connectivity index (χ1n) is 14.6. The van der Waals surface area contributed by atoms with E-state index in [-0.39, 0.29) is 17.7 Å². The van der Waals surface area contributed by atoms with E-state index in [0.29, 0.717) is 11.3 Å². The molecule has 1 aromatic heterocycles. The number of methoxy groups -OCH3 is 1. The lowest BCUT2D eigenvalue weighted by Crippen LogP contribution is -2.47. The highest BCUT2D eigenvalue weighted by Crippen LogP contribution is 2.62. The number of Topliss-reactive ketones (excluding diaryl/α,β-unsaturated/α-hetero) is 1. The van der Waals surface area contributed by atoms with Crippen LogP contribution in [-0.4, -0.2) is 72.0 Å². The van der Waals surface area contributed by atoms with Gasteiger partial charge in [-0.3, -0.25) is 14.7 Å². The minimum absolute atomic E-state index is 0.0141. The van der Waals surface area contributed by atoms with Crippen LogP contribution in [0.1, 0.15) is 54.1 Å². The van der Waals surface area contributed by atoms with Crippen molar-refractivity contribution in [1.29, 1.82) is 0 Å². The number of fused-ring (bicyclic) bond motifs is 1. The Labute approximate surface area is 241 Å². The Morgan fingerprint density at radius 2 is 1.80 bits per heavy atom. The molecule has 1 N–H and O–H groups in total. The summed E-state index contributed by atoms with van der Waals surface area (Å²) >= 11 is 0. The molecule has 1 saturated carbocycles. The molecule has 0 spiro atoms. The Hall–Kier alpha value is -3.97. The van der Waals surface area contributed by atoms with Gasteiger partial charge in [-0.1, -0.05) is 50.2 Å². The highest BCUT2D eigenvalue weighted by atomic mass is 16.5. The molecule has 6 rings (SSSR count). The number of ether oxygens (including phenoxy) is 1. The number of piperazine rings is 1. The largest absolute Gasteiger partial charge is 0.497 e. The first kappa shape index (κ1) is 27.2. The second kappa shape index (κ2) is 10.8. The van der Waals surface area contributed by atoms with Crippen LogP contribution >= 0.6 is 0 Å². The van der Waals surface area contributed by atoms with E-state index in [1.807, 2.05) is 54.3 Å². The van der Waals surface area contributed by atoms with E-state index >= 15 is 0 Å². The zero-order valence-corrected chi connectivity index (χ0v) is 24.3. The van der Waals surface area contributed by atoms with E-state index in [1.54, 1.807) is 7.11 Å². The zero-order chi connectivity index (χ0) is 28.7. The van der Waals surface area contributed by atoms with Gasteiger partial charge in [-0.2, -0.15) is 5.10 Å². The summed E-state index contributed by atoms with van der Waals surface area (Å²) in [6, 6.07) is 22.1. The van der Waals surface area contributed by atoms with Gasteiger partial charge in [0.15, 0.2) is 0 Å². The molecule has 7 nitrogen and oxygen atoms in total. The van der Waals surface area contributed by atoms with Crippen molar-refractivity contribution >= 4 is 22.6 Å². The molecule has 0 radical (unpaired) electrons. The maximum Gasteiger partial charge on any atom is 0.253 e. The fourth-order valence-corrected chi connectivity index (χ4v) is 6.36. The normalized spacial score (nSPS) is 21.6. The average molecular weight is 551 g/mol. The smallest absolute Gasteiger partial charge is 0.253 e. The van der Waals surface area contributed by atoms with Gasteiger partial charge in [0.1, 0.15) is 11.5 Å². The number of aromatic nitrogens is 2. The van der Waals surface area contributed by atoms with Crippen LogP contribution < -0.4 is 4.74 Å². The molecular weight excluding hydrogens is 512 g/mol. The molecule has 3 aromatic carbocycles. The summed E-state index contributed by atoms with van der Waals surface area (Å²) in [5.41, 5.74) is 5.10. The quantitative estimate of drug-likeness (QED) is 0.306.